The number of halogens is 1. The molecule has 2 amide bonds. The molecule has 0 atom stereocenters. The molecule has 0 saturated carbocycles. The van der Waals surface area contributed by atoms with Crippen LogP contribution in [0.25, 0.3) is 5.82 Å². The number of nitrogens with one attached hydrogen (secondary N) is 2. The highest BCUT2D eigenvalue weighted by Gasteiger charge is 2.16. The zero-order chi connectivity index (χ0) is 21.7. The van der Waals surface area contributed by atoms with E-state index < -0.39 is 5.91 Å². The van der Waals surface area contributed by atoms with E-state index in [1.54, 1.807) is 41.1 Å². The molecule has 0 spiro atoms. The lowest BCUT2D eigenvalue weighted by Gasteiger charge is -2.11. The third kappa shape index (κ3) is 5.15. The summed E-state index contributed by atoms with van der Waals surface area (Å²) in [4.78, 5) is 28.7. The number of ether oxygens (including phenoxy) is 1. The van der Waals surface area contributed by atoms with Gasteiger partial charge in [0.25, 0.3) is 11.8 Å². The van der Waals surface area contributed by atoms with Gasteiger partial charge in [-0.25, -0.2) is 9.67 Å². The van der Waals surface area contributed by atoms with Crippen LogP contribution < -0.4 is 15.4 Å². The van der Waals surface area contributed by atoms with Crippen LogP contribution >= 0.6 is 11.6 Å². The van der Waals surface area contributed by atoms with Gasteiger partial charge in [0.2, 0.25) is 0 Å². The molecule has 0 radical (unpaired) electrons. The fourth-order valence-electron chi connectivity index (χ4n) is 2.82. The van der Waals surface area contributed by atoms with Crippen molar-refractivity contribution in [3.8, 4) is 11.6 Å². The topological polar surface area (TPSA) is 98.1 Å². The highest BCUT2D eigenvalue weighted by atomic mass is 35.5. The van der Waals surface area contributed by atoms with Crippen molar-refractivity contribution in [2.75, 3.05) is 18.5 Å². The summed E-state index contributed by atoms with van der Waals surface area (Å²) < 4.78 is 7.10. The minimum atomic E-state index is -0.468. The maximum absolute atomic E-state index is 12.8. The van der Waals surface area contributed by atoms with Gasteiger partial charge in [-0.15, -0.1) is 0 Å². The van der Waals surface area contributed by atoms with Crippen molar-refractivity contribution >= 4 is 29.1 Å². The lowest BCUT2D eigenvalue weighted by atomic mass is 10.2. The SMILES string of the molecule is CCNC(=O)COc1cccc(NC(=O)c2nc(-n3nc(C)cc3C)ccc2Cl)c1. The Hall–Kier alpha value is -3.39. The van der Waals surface area contributed by atoms with Gasteiger partial charge in [-0.3, -0.25) is 9.59 Å². The molecule has 2 aromatic heterocycles. The quantitative estimate of drug-likeness (QED) is 0.602. The Labute approximate surface area is 179 Å². The van der Waals surface area contributed by atoms with Gasteiger partial charge in [-0.1, -0.05) is 17.7 Å². The number of anilines is 1. The van der Waals surface area contributed by atoms with E-state index in [-0.39, 0.29) is 23.2 Å². The van der Waals surface area contributed by atoms with E-state index in [0.29, 0.717) is 23.8 Å². The van der Waals surface area contributed by atoms with E-state index >= 15 is 0 Å². The van der Waals surface area contributed by atoms with Gasteiger partial charge >= 0.3 is 0 Å². The molecule has 0 unspecified atom stereocenters. The van der Waals surface area contributed by atoms with Crippen LogP contribution in [-0.2, 0) is 4.79 Å². The van der Waals surface area contributed by atoms with Gasteiger partial charge in [0, 0.05) is 24.0 Å². The highest BCUT2D eigenvalue weighted by molar-refractivity contribution is 6.34. The number of hydrogen-bond donors (Lipinski definition) is 2. The average molecular weight is 428 g/mol. The molecule has 2 heterocycles. The first-order valence-electron chi connectivity index (χ1n) is 9.38. The largest absolute Gasteiger partial charge is 0.484 e. The number of rotatable bonds is 7. The van der Waals surface area contributed by atoms with Crippen LogP contribution in [0.3, 0.4) is 0 Å². The zero-order valence-corrected chi connectivity index (χ0v) is 17.7. The van der Waals surface area contributed by atoms with E-state index in [9.17, 15) is 9.59 Å². The van der Waals surface area contributed by atoms with Crippen molar-refractivity contribution in [1.29, 1.82) is 0 Å². The molecule has 1 aromatic carbocycles. The second-order valence-electron chi connectivity index (χ2n) is 6.56. The van der Waals surface area contributed by atoms with Crippen molar-refractivity contribution < 1.29 is 14.3 Å². The second-order valence-corrected chi connectivity index (χ2v) is 6.97. The summed E-state index contributed by atoms with van der Waals surface area (Å²) in [5.74, 6) is 0.261. The molecule has 0 aliphatic carbocycles. The third-order valence-corrected chi connectivity index (χ3v) is 4.41. The Bertz CT molecular complexity index is 1080. The molecule has 156 valence electrons. The van der Waals surface area contributed by atoms with Crippen molar-refractivity contribution in [2.24, 2.45) is 0 Å². The van der Waals surface area contributed by atoms with Gasteiger partial charge in [-0.2, -0.15) is 5.10 Å². The number of hydrogen-bond acceptors (Lipinski definition) is 5. The molecule has 3 rings (SSSR count). The minimum Gasteiger partial charge on any atom is -0.484 e. The smallest absolute Gasteiger partial charge is 0.275 e. The van der Waals surface area contributed by atoms with Crippen molar-refractivity contribution in [2.45, 2.75) is 20.8 Å². The third-order valence-electron chi connectivity index (χ3n) is 4.11. The zero-order valence-electron chi connectivity index (χ0n) is 16.9. The number of pyridine rings is 1. The summed E-state index contributed by atoms with van der Waals surface area (Å²) >= 11 is 6.21. The normalized spacial score (nSPS) is 10.5. The van der Waals surface area contributed by atoms with Crippen LogP contribution in [0.4, 0.5) is 5.69 Å². The summed E-state index contributed by atoms with van der Waals surface area (Å²) in [7, 11) is 0. The molecule has 0 aliphatic rings. The molecule has 0 aliphatic heterocycles. The molecule has 0 fully saturated rings. The number of carbonyl (C=O) groups excluding carboxylic acids is 2. The summed E-state index contributed by atoms with van der Waals surface area (Å²) in [6.07, 6.45) is 0. The maximum Gasteiger partial charge on any atom is 0.275 e. The van der Waals surface area contributed by atoms with E-state index in [1.165, 1.54) is 0 Å². The Morgan fingerprint density at radius 3 is 2.67 bits per heavy atom. The highest BCUT2D eigenvalue weighted by Crippen LogP contribution is 2.21. The Morgan fingerprint density at radius 1 is 1.17 bits per heavy atom. The number of nitrogens with zero attached hydrogens (tertiary/aromatic N) is 3. The lowest BCUT2D eigenvalue weighted by molar-refractivity contribution is -0.122. The van der Waals surface area contributed by atoms with Gasteiger partial charge in [0.15, 0.2) is 12.4 Å². The average Bonchev–Trinajstić information content (AvgIpc) is 3.05. The van der Waals surface area contributed by atoms with Crippen LogP contribution in [0.5, 0.6) is 5.75 Å². The van der Waals surface area contributed by atoms with Crippen LogP contribution in [0.2, 0.25) is 5.02 Å². The molecule has 2 N–H and O–H groups in total. The summed E-state index contributed by atoms with van der Waals surface area (Å²) in [5, 5.41) is 10.0. The van der Waals surface area contributed by atoms with Crippen molar-refractivity contribution in [1.82, 2.24) is 20.1 Å². The molecule has 3 aromatic rings. The first-order chi connectivity index (χ1) is 14.4. The first-order valence-corrected chi connectivity index (χ1v) is 9.76. The van der Waals surface area contributed by atoms with E-state index in [0.717, 1.165) is 11.4 Å². The molecule has 0 bridgehead atoms. The molecule has 30 heavy (non-hydrogen) atoms. The number of aromatic nitrogens is 3. The summed E-state index contributed by atoms with van der Waals surface area (Å²) in [5.41, 5.74) is 2.31. The molecule has 8 nitrogen and oxygen atoms in total. The number of carbonyl (C=O) groups is 2. The predicted octanol–water partition coefficient (Wildman–Crippen LogP) is 3.30. The standard InChI is InChI=1S/C21H22ClN5O3/c1-4-23-19(28)12-30-16-7-5-6-15(11-16)24-21(29)20-17(22)8-9-18(25-20)27-14(3)10-13(2)26-27/h5-11H,4,12H2,1-3H3,(H,23,28)(H,24,29). The predicted molar refractivity (Wildman–Crippen MR) is 114 cm³/mol. The van der Waals surface area contributed by atoms with Crippen molar-refractivity contribution in [3.63, 3.8) is 0 Å². The Kier molecular flexibility index (Phi) is 6.68. The molecular weight excluding hydrogens is 406 g/mol. The maximum atomic E-state index is 12.8. The summed E-state index contributed by atoms with van der Waals surface area (Å²) in [6.45, 7) is 6.04. The lowest BCUT2D eigenvalue weighted by Crippen LogP contribution is -2.28. The van der Waals surface area contributed by atoms with Gasteiger partial charge < -0.3 is 15.4 Å². The number of benzene rings is 1. The van der Waals surface area contributed by atoms with Crippen molar-refractivity contribution in [3.05, 3.63) is 64.6 Å². The molecule has 9 heteroatoms. The molecular formula is C21H22ClN5O3. The van der Waals surface area contributed by atoms with Crippen LogP contribution in [0.1, 0.15) is 28.8 Å². The number of aryl methyl sites for hydroxylation is 2. The Morgan fingerprint density at radius 2 is 1.97 bits per heavy atom. The van der Waals surface area contributed by atoms with Crippen LogP contribution in [0.15, 0.2) is 42.5 Å². The molecule has 0 saturated heterocycles. The van der Waals surface area contributed by atoms with E-state index in [2.05, 4.69) is 20.7 Å². The number of likely N-dealkylation sites (N-methyl/N-ethyl adjacent to an activating group) is 1. The van der Waals surface area contributed by atoms with Gasteiger partial charge in [0.1, 0.15) is 11.4 Å². The monoisotopic (exact) mass is 427 g/mol. The van der Waals surface area contributed by atoms with Gasteiger partial charge in [-0.05, 0) is 51.1 Å². The minimum absolute atomic E-state index is 0.0790. The Balaban J connectivity index is 1.76. The fourth-order valence-corrected chi connectivity index (χ4v) is 3.01. The second kappa shape index (κ2) is 9.41. The van der Waals surface area contributed by atoms with Gasteiger partial charge in [0.05, 0.1) is 10.7 Å². The van der Waals surface area contributed by atoms with Crippen LogP contribution in [-0.4, -0.2) is 39.7 Å². The van der Waals surface area contributed by atoms with E-state index in [4.69, 9.17) is 16.3 Å². The van der Waals surface area contributed by atoms with Crippen LogP contribution in [0, 0.1) is 13.8 Å². The first kappa shape index (κ1) is 21.3. The number of amides is 2. The fraction of sp³-hybridized carbons (Fsp3) is 0.238. The van der Waals surface area contributed by atoms with E-state index in [1.807, 2.05) is 26.8 Å². The summed E-state index contributed by atoms with van der Waals surface area (Å²) in [6, 6.07) is 12.0.